The zero-order chi connectivity index (χ0) is 19.8. The molecule has 2 unspecified atom stereocenters. The van der Waals surface area contributed by atoms with Gasteiger partial charge in [-0.05, 0) is 43.5 Å². The summed E-state index contributed by atoms with van der Waals surface area (Å²) in [7, 11) is 0. The largest absolute Gasteiger partial charge is 0.481 e. The second-order valence-electron chi connectivity index (χ2n) is 7.37. The number of carbonyl (C=O) groups excluding carboxylic acids is 1. The van der Waals surface area contributed by atoms with Crippen molar-refractivity contribution in [2.45, 2.75) is 20.3 Å². The van der Waals surface area contributed by atoms with E-state index in [2.05, 4.69) is 15.3 Å². The second-order valence-corrected chi connectivity index (χ2v) is 7.37. The Bertz CT molecular complexity index is 1060. The number of hydrogen-bond acceptors (Lipinski definition) is 5. The van der Waals surface area contributed by atoms with E-state index in [1.54, 1.807) is 22.7 Å². The molecule has 1 saturated heterocycles. The van der Waals surface area contributed by atoms with Crippen molar-refractivity contribution >= 4 is 22.8 Å². The van der Waals surface area contributed by atoms with E-state index < -0.39 is 11.9 Å². The maximum atomic E-state index is 13.0. The number of carboxylic acid groups (broad SMARTS) is 1. The predicted octanol–water partition coefficient (Wildman–Crippen LogP) is 2.31. The molecule has 3 heterocycles. The molecule has 1 aliphatic rings. The fourth-order valence-electron chi connectivity index (χ4n) is 3.87. The van der Waals surface area contributed by atoms with Crippen LogP contribution in [-0.4, -0.2) is 55.0 Å². The Morgan fingerprint density at radius 1 is 1.18 bits per heavy atom. The van der Waals surface area contributed by atoms with Crippen molar-refractivity contribution in [3.63, 3.8) is 0 Å². The highest BCUT2D eigenvalue weighted by Gasteiger charge is 2.34. The standard InChI is InChI=1S/C20H21N5O3/c1-12-9-14(20(27)28)11-24(10-12)19(26)18-13(2)25(23-22-18)17-7-3-6-16-15(17)5-4-8-21-16/h3-8,12,14H,9-11H2,1-2H3,(H,27,28). The van der Waals surface area contributed by atoms with Gasteiger partial charge in [0.2, 0.25) is 0 Å². The van der Waals surface area contributed by atoms with Gasteiger partial charge in [0, 0.05) is 24.7 Å². The Balaban J connectivity index is 1.68. The monoisotopic (exact) mass is 379 g/mol. The summed E-state index contributed by atoms with van der Waals surface area (Å²) < 4.78 is 1.64. The number of fused-ring (bicyclic) bond motifs is 1. The number of aliphatic carboxylic acids is 1. The molecule has 8 nitrogen and oxygen atoms in total. The summed E-state index contributed by atoms with van der Waals surface area (Å²) in [6.45, 7) is 4.47. The zero-order valence-electron chi connectivity index (χ0n) is 15.7. The van der Waals surface area contributed by atoms with E-state index in [-0.39, 0.29) is 24.1 Å². The fraction of sp³-hybridized carbons (Fsp3) is 0.350. The van der Waals surface area contributed by atoms with Crippen LogP contribution >= 0.6 is 0 Å². The van der Waals surface area contributed by atoms with E-state index >= 15 is 0 Å². The Morgan fingerprint density at radius 2 is 2.00 bits per heavy atom. The maximum absolute atomic E-state index is 13.0. The van der Waals surface area contributed by atoms with Gasteiger partial charge in [0.05, 0.1) is 22.8 Å². The number of amides is 1. The van der Waals surface area contributed by atoms with Crippen LogP contribution in [0.5, 0.6) is 0 Å². The van der Waals surface area contributed by atoms with Crippen LogP contribution in [0.15, 0.2) is 36.5 Å². The molecule has 4 rings (SSSR count). The van der Waals surface area contributed by atoms with E-state index in [1.165, 1.54) is 0 Å². The van der Waals surface area contributed by atoms with Crippen LogP contribution in [0.1, 0.15) is 29.5 Å². The normalized spacial score (nSPS) is 19.7. The lowest BCUT2D eigenvalue weighted by Gasteiger charge is -2.34. The minimum absolute atomic E-state index is 0.123. The Morgan fingerprint density at radius 3 is 2.79 bits per heavy atom. The molecule has 0 saturated carbocycles. The average Bonchev–Trinajstić information content (AvgIpc) is 3.07. The number of nitrogens with zero attached hydrogens (tertiary/aromatic N) is 5. The number of carboxylic acids is 1. The van der Waals surface area contributed by atoms with E-state index in [0.717, 1.165) is 16.6 Å². The van der Waals surface area contributed by atoms with Gasteiger partial charge in [0.15, 0.2) is 5.69 Å². The van der Waals surface area contributed by atoms with E-state index in [4.69, 9.17) is 0 Å². The van der Waals surface area contributed by atoms with Crippen LogP contribution in [0.4, 0.5) is 0 Å². The van der Waals surface area contributed by atoms with Crippen molar-refractivity contribution in [1.29, 1.82) is 0 Å². The quantitative estimate of drug-likeness (QED) is 0.749. The molecule has 0 radical (unpaired) electrons. The summed E-state index contributed by atoms with van der Waals surface area (Å²) in [5, 5.41) is 18.6. The summed E-state index contributed by atoms with van der Waals surface area (Å²) in [5.74, 6) is -1.57. The number of aromatic nitrogens is 4. The zero-order valence-corrected chi connectivity index (χ0v) is 15.7. The number of pyridine rings is 1. The first-order valence-corrected chi connectivity index (χ1v) is 9.24. The number of carbonyl (C=O) groups is 2. The van der Waals surface area contributed by atoms with Crippen LogP contribution in [0.3, 0.4) is 0 Å². The Hall–Kier alpha value is -3.29. The first kappa shape index (κ1) is 18.1. The molecule has 1 aromatic carbocycles. The maximum Gasteiger partial charge on any atom is 0.308 e. The molecular weight excluding hydrogens is 358 g/mol. The molecule has 8 heteroatoms. The van der Waals surface area contributed by atoms with Gasteiger partial charge >= 0.3 is 5.97 Å². The van der Waals surface area contributed by atoms with E-state index in [9.17, 15) is 14.7 Å². The molecule has 1 amide bonds. The molecule has 28 heavy (non-hydrogen) atoms. The van der Waals surface area contributed by atoms with Gasteiger partial charge in [-0.25, -0.2) is 4.68 Å². The smallest absolute Gasteiger partial charge is 0.308 e. The van der Waals surface area contributed by atoms with Crippen molar-refractivity contribution in [3.05, 3.63) is 47.9 Å². The highest BCUT2D eigenvalue weighted by Crippen LogP contribution is 2.25. The summed E-state index contributed by atoms with van der Waals surface area (Å²) in [6.07, 6.45) is 2.31. The van der Waals surface area contributed by atoms with Crippen LogP contribution in [0, 0.1) is 18.8 Å². The summed E-state index contributed by atoms with van der Waals surface area (Å²) in [5.41, 5.74) is 2.49. The molecular formula is C20H21N5O3. The molecule has 1 N–H and O–H groups in total. The van der Waals surface area contributed by atoms with Crippen molar-refractivity contribution in [2.75, 3.05) is 13.1 Å². The summed E-state index contributed by atoms with van der Waals surface area (Å²) in [6, 6.07) is 9.51. The Labute approximate surface area is 161 Å². The Kier molecular flexibility index (Phi) is 4.54. The first-order chi connectivity index (χ1) is 13.5. The molecule has 144 valence electrons. The number of hydrogen-bond donors (Lipinski definition) is 1. The van der Waals surface area contributed by atoms with Crippen LogP contribution in [0.2, 0.25) is 0 Å². The number of rotatable bonds is 3. The number of benzene rings is 1. The first-order valence-electron chi connectivity index (χ1n) is 9.24. The summed E-state index contributed by atoms with van der Waals surface area (Å²) in [4.78, 5) is 30.4. The van der Waals surface area contributed by atoms with Crippen LogP contribution < -0.4 is 0 Å². The van der Waals surface area contributed by atoms with Gasteiger partial charge in [0.25, 0.3) is 5.91 Å². The van der Waals surface area contributed by atoms with Crippen molar-refractivity contribution in [3.8, 4) is 5.69 Å². The van der Waals surface area contributed by atoms with Gasteiger partial charge in [-0.3, -0.25) is 14.6 Å². The van der Waals surface area contributed by atoms with Crippen molar-refractivity contribution in [2.24, 2.45) is 11.8 Å². The number of likely N-dealkylation sites (tertiary alicyclic amines) is 1. The third kappa shape index (κ3) is 3.11. The lowest BCUT2D eigenvalue weighted by Crippen LogP contribution is -2.45. The topological polar surface area (TPSA) is 101 Å². The van der Waals surface area contributed by atoms with E-state index in [1.807, 2.05) is 37.3 Å². The van der Waals surface area contributed by atoms with Crippen LogP contribution in [-0.2, 0) is 4.79 Å². The second kappa shape index (κ2) is 7.03. The fourth-order valence-corrected chi connectivity index (χ4v) is 3.87. The third-order valence-electron chi connectivity index (χ3n) is 5.24. The SMILES string of the molecule is Cc1c(C(=O)N2CC(C)CC(C(=O)O)C2)nnn1-c1cccc2ncccc12. The highest BCUT2D eigenvalue weighted by atomic mass is 16.4. The van der Waals surface area contributed by atoms with Crippen molar-refractivity contribution in [1.82, 2.24) is 24.9 Å². The average molecular weight is 379 g/mol. The lowest BCUT2D eigenvalue weighted by atomic mass is 9.90. The molecule has 2 atom stereocenters. The van der Waals surface area contributed by atoms with Gasteiger partial charge in [-0.2, -0.15) is 0 Å². The molecule has 0 bridgehead atoms. The van der Waals surface area contributed by atoms with Gasteiger partial charge in [0.1, 0.15) is 0 Å². The van der Waals surface area contributed by atoms with Gasteiger partial charge < -0.3 is 10.0 Å². The molecule has 0 spiro atoms. The van der Waals surface area contributed by atoms with E-state index in [0.29, 0.717) is 18.7 Å². The third-order valence-corrected chi connectivity index (χ3v) is 5.24. The van der Waals surface area contributed by atoms with Crippen LogP contribution in [0.25, 0.3) is 16.6 Å². The lowest BCUT2D eigenvalue weighted by molar-refractivity contribution is -0.143. The highest BCUT2D eigenvalue weighted by molar-refractivity contribution is 5.94. The minimum atomic E-state index is -0.868. The number of piperidine rings is 1. The summed E-state index contributed by atoms with van der Waals surface area (Å²) >= 11 is 0. The minimum Gasteiger partial charge on any atom is -0.481 e. The molecule has 2 aromatic heterocycles. The predicted molar refractivity (Wildman–Crippen MR) is 102 cm³/mol. The van der Waals surface area contributed by atoms with Gasteiger partial charge in [-0.1, -0.05) is 18.2 Å². The molecule has 1 aliphatic heterocycles. The van der Waals surface area contributed by atoms with Crippen molar-refractivity contribution < 1.29 is 14.7 Å². The van der Waals surface area contributed by atoms with Gasteiger partial charge in [-0.15, -0.1) is 5.10 Å². The molecule has 3 aromatic rings. The molecule has 1 fully saturated rings. The molecule has 0 aliphatic carbocycles.